The van der Waals surface area contributed by atoms with E-state index in [-0.39, 0.29) is 16.5 Å². The summed E-state index contributed by atoms with van der Waals surface area (Å²) in [7, 11) is 0. The molecule has 1 aromatic carbocycles. The summed E-state index contributed by atoms with van der Waals surface area (Å²) in [5.74, 6) is -1.89. The van der Waals surface area contributed by atoms with Crippen LogP contribution in [-0.4, -0.2) is 21.0 Å². The van der Waals surface area contributed by atoms with E-state index >= 15 is 0 Å². The zero-order valence-electron chi connectivity index (χ0n) is 8.89. The van der Waals surface area contributed by atoms with Crippen LogP contribution in [0, 0.1) is 5.82 Å². The van der Waals surface area contributed by atoms with Crippen LogP contribution in [0.25, 0.3) is 0 Å². The van der Waals surface area contributed by atoms with Crippen molar-refractivity contribution < 1.29 is 14.3 Å². The van der Waals surface area contributed by atoms with Gasteiger partial charge in [-0.25, -0.2) is 9.37 Å². The van der Waals surface area contributed by atoms with Crippen LogP contribution in [0.1, 0.15) is 10.5 Å². The topological polar surface area (TPSA) is 75.1 Å². The van der Waals surface area contributed by atoms with Gasteiger partial charge in [-0.2, -0.15) is 0 Å². The average molecular weight is 268 g/mol. The molecule has 2 aromatic rings. The number of amides is 1. The van der Waals surface area contributed by atoms with E-state index in [1.165, 1.54) is 18.5 Å². The molecule has 92 valence electrons. The molecule has 0 atom stereocenters. The van der Waals surface area contributed by atoms with Crippen LogP contribution in [0.5, 0.6) is 5.75 Å². The molecular formula is C11H7ClFN3O2. The number of halogens is 2. The molecule has 0 radical (unpaired) electrons. The summed E-state index contributed by atoms with van der Waals surface area (Å²) in [5, 5.41) is 11.5. The van der Waals surface area contributed by atoms with Gasteiger partial charge in [-0.1, -0.05) is 11.6 Å². The minimum Gasteiger partial charge on any atom is -0.505 e. The smallest absolute Gasteiger partial charge is 0.275 e. The highest BCUT2D eigenvalue weighted by atomic mass is 35.5. The minimum absolute atomic E-state index is 0.0102. The first kappa shape index (κ1) is 12.3. The van der Waals surface area contributed by atoms with Crippen LogP contribution in [0.15, 0.2) is 30.6 Å². The van der Waals surface area contributed by atoms with E-state index < -0.39 is 17.5 Å². The molecule has 0 spiro atoms. The molecule has 0 aliphatic carbocycles. The Hall–Kier alpha value is -2.21. The van der Waals surface area contributed by atoms with Crippen molar-refractivity contribution in [1.29, 1.82) is 0 Å². The van der Waals surface area contributed by atoms with E-state index in [0.717, 1.165) is 12.1 Å². The SMILES string of the molecule is O=C(Nc1ccc(O)c(F)c1)c1cncc(Cl)n1. The number of carbonyl (C=O) groups is 1. The molecule has 2 N–H and O–H groups in total. The monoisotopic (exact) mass is 267 g/mol. The summed E-state index contributed by atoms with van der Waals surface area (Å²) >= 11 is 5.59. The minimum atomic E-state index is -0.829. The third-order valence-electron chi connectivity index (χ3n) is 2.04. The Morgan fingerprint density at radius 2 is 2.17 bits per heavy atom. The number of benzene rings is 1. The van der Waals surface area contributed by atoms with Crippen LogP contribution < -0.4 is 5.32 Å². The normalized spacial score (nSPS) is 10.1. The van der Waals surface area contributed by atoms with Gasteiger partial charge in [-0.15, -0.1) is 0 Å². The summed E-state index contributed by atoms with van der Waals surface area (Å²) in [6, 6.07) is 3.48. The largest absolute Gasteiger partial charge is 0.505 e. The molecule has 0 fully saturated rings. The van der Waals surface area contributed by atoms with Crippen molar-refractivity contribution in [2.75, 3.05) is 5.32 Å². The van der Waals surface area contributed by atoms with Crippen molar-refractivity contribution in [2.24, 2.45) is 0 Å². The quantitative estimate of drug-likeness (QED) is 0.818. The van der Waals surface area contributed by atoms with E-state index in [2.05, 4.69) is 15.3 Å². The zero-order valence-corrected chi connectivity index (χ0v) is 9.65. The molecule has 0 bridgehead atoms. The van der Waals surface area contributed by atoms with Crippen molar-refractivity contribution >= 4 is 23.2 Å². The van der Waals surface area contributed by atoms with Crippen molar-refractivity contribution in [3.63, 3.8) is 0 Å². The van der Waals surface area contributed by atoms with Crippen molar-refractivity contribution in [3.05, 3.63) is 47.3 Å². The van der Waals surface area contributed by atoms with E-state index in [9.17, 15) is 9.18 Å². The van der Waals surface area contributed by atoms with Crippen molar-refractivity contribution in [1.82, 2.24) is 9.97 Å². The second kappa shape index (κ2) is 4.97. The van der Waals surface area contributed by atoms with Crippen LogP contribution in [0.4, 0.5) is 10.1 Å². The molecule has 7 heteroatoms. The number of hydrogen-bond donors (Lipinski definition) is 2. The van der Waals surface area contributed by atoms with Crippen LogP contribution >= 0.6 is 11.6 Å². The summed E-state index contributed by atoms with van der Waals surface area (Å²) in [6.07, 6.45) is 2.52. The van der Waals surface area contributed by atoms with Gasteiger partial charge in [-0.05, 0) is 12.1 Å². The molecule has 0 saturated carbocycles. The third kappa shape index (κ3) is 2.72. The fourth-order valence-electron chi connectivity index (χ4n) is 1.23. The molecule has 1 heterocycles. The maximum Gasteiger partial charge on any atom is 0.275 e. The number of hydrogen-bond acceptors (Lipinski definition) is 4. The molecule has 0 aliphatic heterocycles. The molecule has 1 amide bonds. The summed E-state index contributed by atoms with van der Waals surface area (Å²) in [5.41, 5.74) is 0.202. The Bertz CT molecular complexity index is 607. The van der Waals surface area contributed by atoms with E-state index in [1.807, 2.05) is 0 Å². The molecule has 2 rings (SSSR count). The average Bonchev–Trinajstić information content (AvgIpc) is 2.34. The second-order valence-electron chi connectivity index (χ2n) is 3.35. The molecule has 0 aliphatic rings. The number of aromatic hydroxyl groups is 1. The van der Waals surface area contributed by atoms with Crippen molar-refractivity contribution in [2.45, 2.75) is 0 Å². The summed E-state index contributed by atoms with van der Waals surface area (Å²) in [4.78, 5) is 19.2. The van der Waals surface area contributed by atoms with Crippen LogP contribution in [-0.2, 0) is 0 Å². The third-order valence-corrected chi connectivity index (χ3v) is 2.23. The van der Waals surface area contributed by atoms with Gasteiger partial charge in [0.2, 0.25) is 0 Å². The number of phenolic OH excluding ortho intramolecular Hbond substituents is 1. The number of aromatic nitrogens is 2. The summed E-state index contributed by atoms with van der Waals surface area (Å²) < 4.78 is 13.0. The van der Waals surface area contributed by atoms with Gasteiger partial charge < -0.3 is 10.4 Å². The van der Waals surface area contributed by atoms with Gasteiger partial charge in [0, 0.05) is 11.8 Å². The maximum atomic E-state index is 13.0. The van der Waals surface area contributed by atoms with Gasteiger partial charge >= 0.3 is 0 Å². The first-order valence-corrected chi connectivity index (χ1v) is 5.21. The Balaban J connectivity index is 2.18. The highest BCUT2D eigenvalue weighted by molar-refractivity contribution is 6.29. The second-order valence-corrected chi connectivity index (χ2v) is 3.73. The number of carbonyl (C=O) groups excluding carboxylic acids is 1. The lowest BCUT2D eigenvalue weighted by atomic mass is 10.3. The van der Waals surface area contributed by atoms with Gasteiger partial charge in [0.15, 0.2) is 11.6 Å². The maximum absolute atomic E-state index is 13.0. The molecule has 0 unspecified atom stereocenters. The predicted octanol–water partition coefficient (Wildman–Crippen LogP) is 2.23. The molecule has 18 heavy (non-hydrogen) atoms. The molecule has 1 aromatic heterocycles. The predicted molar refractivity (Wildman–Crippen MR) is 63.1 cm³/mol. The number of nitrogens with one attached hydrogen (secondary N) is 1. The highest BCUT2D eigenvalue weighted by Crippen LogP contribution is 2.19. The van der Waals surface area contributed by atoms with Gasteiger partial charge in [0.05, 0.1) is 12.4 Å². The molecule has 5 nitrogen and oxygen atoms in total. The lowest BCUT2D eigenvalue weighted by Gasteiger charge is -2.05. The van der Waals surface area contributed by atoms with Gasteiger partial charge in [0.25, 0.3) is 5.91 Å². The van der Waals surface area contributed by atoms with Crippen LogP contribution in [0.2, 0.25) is 5.15 Å². The number of anilines is 1. The first-order valence-electron chi connectivity index (χ1n) is 4.83. The van der Waals surface area contributed by atoms with Crippen molar-refractivity contribution in [3.8, 4) is 5.75 Å². The van der Waals surface area contributed by atoms with E-state index in [0.29, 0.717) is 0 Å². The Labute approximate surface area is 106 Å². The summed E-state index contributed by atoms with van der Waals surface area (Å²) in [6.45, 7) is 0. The standard InChI is InChI=1S/C11H7ClFN3O2/c12-10-5-14-4-8(16-10)11(18)15-6-1-2-9(17)7(13)3-6/h1-5,17H,(H,15,18). The Kier molecular flexibility index (Phi) is 3.38. The molecular weight excluding hydrogens is 261 g/mol. The number of rotatable bonds is 2. The van der Waals surface area contributed by atoms with Gasteiger partial charge in [-0.3, -0.25) is 9.78 Å². The van der Waals surface area contributed by atoms with Crippen LogP contribution in [0.3, 0.4) is 0 Å². The van der Waals surface area contributed by atoms with E-state index in [4.69, 9.17) is 16.7 Å². The first-order chi connectivity index (χ1) is 8.56. The van der Waals surface area contributed by atoms with Gasteiger partial charge in [0.1, 0.15) is 10.8 Å². The highest BCUT2D eigenvalue weighted by Gasteiger charge is 2.10. The number of nitrogens with zero attached hydrogens (tertiary/aromatic N) is 2. The fraction of sp³-hybridized carbons (Fsp3) is 0. The molecule has 0 saturated heterocycles. The lowest BCUT2D eigenvalue weighted by molar-refractivity contribution is 0.102. The van der Waals surface area contributed by atoms with E-state index in [1.54, 1.807) is 0 Å². The Morgan fingerprint density at radius 1 is 1.39 bits per heavy atom. The number of phenols is 1. The fourth-order valence-corrected chi connectivity index (χ4v) is 1.38. The Morgan fingerprint density at radius 3 is 2.83 bits per heavy atom. The lowest BCUT2D eigenvalue weighted by Crippen LogP contribution is -2.14. The zero-order chi connectivity index (χ0) is 13.1.